The number of carbonyl (C=O) groups excluding carboxylic acids is 2. The van der Waals surface area contributed by atoms with E-state index in [1.807, 2.05) is 6.07 Å². The van der Waals surface area contributed by atoms with Crippen molar-refractivity contribution in [1.29, 1.82) is 0 Å². The Labute approximate surface area is 200 Å². The molecule has 0 aromatic heterocycles. The number of ether oxygens (including phenoxy) is 1. The maximum Gasteiger partial charge on any atom is 0.247 e. The first kappa shape index (κ1) is 26.8. The highest BCUT2D eigenvalue weighted by atomic mass is 35.5. The van der Waals surface area contributed by atoms with Crippen LogP contribution in [0.5, 0.6) is 0 Å². The molecule has 2 aromatic rings. The van der Waals surface area contributed by atoms with E-state index in [0.717, 1.165) is 16.1 Å². The lowest BCUT2D eigenvalue weighted by molar-refractivity contribution is -0.141. The van der Waals surface area contributed by atoms with Crippen LogP contribution in [-0.4, -0.2) is 69.5 Å². The highest BCUT2D eigenvalue weighted by Gasteiger charge is 2.32. The Morgan fingerprint density at radius 2 is 1.73 bits per heavy atom. The van der Waals surface area contributed by atoms with Crippen LogP contribution in [0, 0.1) is 0 Å². The highest BCUT2D eigenvalue weighted by Crippen LogP contribution is 2.25. The lowest BCUT2D eigenvalue weighted by Gasteiger charge is -2.32. The normalized spacial score (nSPS) is 12.4. The Morgan fingerprint density at radius 1 is 1.09 bits per heavy atom. The lowest BCUT2D eigenvalue weighted by Crippen LogP contribution is -2.47. The Bertz CT molecular complexity index is 1020. The van der Waals surface area contributed by atoms with Gasteiger partial charge in [0.2, 0.25) is 21.8 Å². The zero-order valence-corrected chi connectivity index (χ0v) is 20.6. The fourth-order valence-corrected chi connectivity index (χ4v) is 3.61. The molecular formula is C23H30ClN3O5S. The van der Waals surface area contributed by atoms with Gasteiger partial charge in [0.1, 0.15) is 6.04 Å². The van der Waals surface area contributed by atoms with E-state index in [2.05, 4.69) is 5.32 Å². The van der Waals surface area contributed by atoms with Crippen LogP contribution in [-0.2, 0) is 30.9 Å². The molecule has 10 heteroatoms. The molecule has 0 bridgehead atoms. The van der Waals surface area contributed by atoms with Gasteiger partial charge in [-0.1, -0.05) is 54.1 Å². The van der Waals surface area contributed by atoms with Gasteiger partial charge in [-0.15, -0.1) is 0 Å². The van der Waals surface area contributed by atoms with E-state index in [9.17, 15) is 18.0 Å². The monoisotopic (exact) mass is 495 g/mol. The summed E-state index contributed by atoms with van der Waals surface area (Å²) in [7, 11) is -0.675. The van der Waals surface area contributed by atoms with E-state index in [0.29, 0.717) is 30.2 Å². The third-order valence-electron chi connectivity index (χ3n) is 5.01. The Kier molecular flexibility index (Phi) is 10.3. The van der Waals surface area contributed by atoms with Crippen molar-refractivity contribution in [3.63, 3.8) is 0 Å². The number of hydrogen-bond donors (Lipinski definition) is 1. The van der Waals surface area contributed by atoms with Gasteiger partial charge in [-0.25, -0.2) is 8.42 Å². The van der Waals surface area contributed by atoms with Crippen molar-refractivity contribution in [2.24, 2.45) is 0 Å². The van der Waals surface area contributed by atoms with Crippen LogP contribution in [0.3, 0.4) is 0 Å². The molecule has 0 spiro atoms. The summed E-state index contributed by atoms with van der Waals surface area (Å²) in [5.41, 5.74) is 1.37. The van der Waals surface area contributed by atoms with E-state index >= 15 is 0 Å². The average molecular weight is 496 g/mol. The molecule has 0 aliphatic carbocycles. The van der Waals surface area contributed by atoms with Gasteiger partial charge >= 0.3 is 0 Å². The minimum Gasteiger partial charge on any atom is -0.385 e. The van der Waals surface area contributed by atoms with Crippen molar-refractivity contribution >= 4 is 33.4 Å². The second-order valence-electron chi connectivity index (χ2n) is 7.62. The van der Waals surface area contributed by atoms with Crippen LogP contribution in [0.2, 0.25) is 5.02 Å². The van der Waals surface area contributed by atoms with E-state index in [1.165, 1.54) is 11.9 Å². The smallest absolute Gasteiger partial charge is 0.247 e. The first-order valence-corrected chi connectivity index (χ1v) is 12.6. The molecule has 0 heterocycles. The number of nitrogens with zero attached hydrogens (tertiary/aromatic N) is 2. The third-order valence-corrected chi connectivity index (χ3v) is 6.52. The van der Waals surface area contributed by atoms with E-state index in [4.69, 9.17) is 16.3 Å². The predicted molar refractivity (Wildman–Crippen MR) is 128 cm³/mol. The number of amides is 2. The minimum absolute atomic E-state index is 0.0959. The van der Waals surface area contributed by atoms with Crippen molar-refractivity contribution in [1.82, 2.24) is 14.5 Å². The van der Waals surface area contributed by atoms with Crippen molar-refractivity contribution in [3.05, 3.63) is 70.7 Å². The summed E-state index contributed by atoms with van der Waals surface area (Å²) in [5, 5.41) is 3.41. The van der Waals surface area contributed by atoms with E-state index in [1.54, 1.807) is 55.6 Å². The third kappa shape index (κ3) is 8.43. The molecule has 0 aliphatic heterocycles. The highest BCUT2D eigenvalue weighted by molar-refractivity contribution is 7.88. The standard InChI is InChI=1S/C23H30ClN3O5S/c1-26(33(3,30)31)17-21(28)27(16-18-10-12-20(24)13-11-18)22(19-8-5-4-6-9-19)23(29)25-14-7-15-32-2/h4-6,8-13,22H,7,14-17H2,1-3H3,(H,25,29). The number of methoxy groups -OCH3 is 1. The molecule has 2 amide bonds. The fourth-order valence-electron chi connectivity index (χ4n) is 3.14. The topological polar surface area (TPSA) is 96.0 Å². The second-order valence-corrected chi connectivity index (χ2v) is 10.1. The Hall–Kier alpha value is -2.46. The molecule has 0 radical (unpaired) electrons. The largest absolute Gasteiger partial charge is 0.385 e. The maximum atomic E-state index is 13.4. The van der Waals surface area contributed by atoms with Crippen molar-refractivity contribution in [2.45, 2.75) is 19.0 Å². The average Bonchev–Trinajstić information content (AvgIpc) is 2.77. The summed E-state index contributed by atoms with van der Waals surface area (Å²) in [6.45, 7) is 0.566. The van der Waals surface area contributed by atoms with Gasteiger partial charge in [0.15, 0.2) is 0 Å². The van der Waals surface area contributed by atoms with Gasteiger partial charge in [-0.3, -0.25) is 9.59 Å². The molecule has 0 saturated heterocycles. The molecule has 8 nitrogen and oxygen atoms in total. The minimum atomic E-state index is -3.59. The molecule has 2 aromatic carbocycles. The number of likely N-dealkylation sites (N-methyl/N-ethyl adjacent to an activating group) is 1. The van der Waals surface area contributed by atoms with Crippen LogP contribution in [0.4, 0.5) is 0 Å². The summed E-state index contributed by atoms with van der Waals surface area (Å²) >= 11 is 5.99. The molecule has 0 aliphatic rings. The van der Waals surface area contributed by atoms with E-state index in [-0.39, 0.29) is 12.5 Å². The zero-order valence-electron chi connectivity index (χ0n) is 19.0. The van der Waals surface area contributed by atoms with Crippen LogP contribution in [0.1, 0.15) is 23.6 Å². The molecule has 0 fully saturated rings. The van der Waals surface area contributed by atoms with Gasteiger partial charge in [0, 0.05) is 38.9 Å². The lowest BCUT2D eigenvalue weighted by atomic mass is 10.0. The van der Waals surface area contributed by atoms with E-state index < -0.39 is 28.5 Å². The summed E-state index contributed by atoms with van der Waals surface area (Å²) in [4.78, 5) is 28.0. The maximum absolute atomic E-state index is 13.4. The van der Waals surface area contributed by atoms with Gasteiger partial charge in [0.05, 0.1) is 12.8 Å². The van der Waals surface area contributed by atoms with Gasteiger partial charge < -0.3 is 15.0 Å². The van der Waals surface area contributed by atoms with Crippen molar-refractivity contribution < 1.29 is 22.7 Å². The van der Waals surface area contributed by atoms with Crippen LogP contribution >= 0.6 is 11.6 Å². The number of hydrogen-bond acceptors (Lipinski definition) is 5. The quantitative estimate of drug-likeness (QED) is 0.456. The fraction of sp³-hybridized carbons (Fsp3) is 0.391. The predicted octanol–water partition coefficient (Wildman–Crippen LogP) is 2.45. The van der Waals surface area contributed by atoms with Crippen LogP contribution < -0.4 is 5.32 Å². The summed E-state index contributed by atoms with van der Waals surface area (Å²) in [5.74, 6) is -0.861. The second kappa shape index (κ2) is 12.7. The van der Waals surface area contributed by atoms with Gasteiger partial charge in [-0.2, -0.15) is 4.31 Å². The Morgan fingerprint density at radius 3 is 2.30 bits per heavy atom. The van der Waals surface area contributed by atoms with Crippen LogP contribution in [0.15, 0.2) is 54.6 Å². The molecule has 1 N–H and O–H groups in total. The molecular weight excluding hydrogens is 466 g/mol. The summed E-state index contributed by atoms with van der Waals surface area (Å²) < 4.78 is 29.8. The van der Waals surface area contributed by atoms with Gasteiger partial charge in [-0.05, 0) is 29.7 Å². The first-order chi connectivity index (χ1) is 15.6. The van der Waals surface area contributed by atoms with Gasteiger partial charge in [0.25, 0.3) is 0 Å². The van der Waals surface area contributed by atoms with Crippen LogP contribution in [0.25, 0.3) is 0 Å². The molecule has 1 unspecified atom stereocenters. The number of nitrogens with one attached hydrogen (secondary N) is 1. The first-order valence-electron chi connectivity index (χ1n) is 10.4. The molecule has 0 saturated carbocycles. The Balaban J connectivity index is 2.42. The zero-order chi connectivity index (χ0) is 24.4. The number of carbonyl (C=O) groups is 2. The number of halogens is 1. The number of sulfonamides is 1. The summed E-state index contributed by atoms with van der Waals surface area (Å²) in [6.07, 6.45) is 1.65. The van der Waals surface area contributed by atoms with Crippen molar-refractivity contribution in [3.8, 4) is 0 Å². The number of rotatable bonds is 12. The number of benzene rings is 2. The molecule has 180 valence electrons. The molecule has 2 rings (SSSR count). The SMILES string of the molecule is COCCCNC(=O)C(c1ccccc1)N(Cc1ccc(Cl)cc1)C(=O)CN(C)S(C)(=O)=O. The summed E-state index contributed by atoms with van der Waals surface area (Å²) in [6, 6.07) is 14.9. The molecule has 33 heavy (non-hydrogen) atoms. The molecule has 1 atom stereocenters. The van der Waals surface area contributed by atoms with Crippen molar-refractivity contribution in [2.75, 3.05) is 40.1 Å².